The van der Waals surface area contributed by atoms with Crippen molar-refractivity contribution in [1.82, 2.24) is 4.98 Å². The van der Waals surface area contributed by atoms with Crippen LogP contribution >= 0.6 is 11.9 Å². The highest BCUT2D eigenvalue weighted by atomic mass is 32.2. The first kappa shape index (κ1) is 18.3. The van der Waals surface area contributed by atoms with E-state index in [1.165, 1.54) is 0 Å². The molecule has 0 bridgehead atoms. The van der Waals surface area contributed by atoms with E-state index in [-0.39, 0.29) is 5.41 Å². The molecule has 0 saturated heterocycles. The molecule has 1 aromatic heterocycles. The first-order valence-corrected chi connectivity index (χ1v) is 8.72. The highest BCUT2D eigenvalue weighted by molar-refractivity contribution is 8.00. The summed E-state index contributed by atoms with van der Waals surface area (Å²) in [5.74, 6) is 0. The second kappa shape index (κ2) is 7.71. The van der Waals surface area contributed by atoms with Crippen molar-refractivity contribution < 1.29 is 0 Å². The van der Waals surface area contributed by atoms with E-state index in [0.29, 0.717) is 0 Å². The van der Waals surface area contributed by atoms with Gasteiger partial charge in [-0.15, -0.1) is 0 Å². The quantitative estimate of drug-likeness (QED) is 0.563. The average molecular weight is 343 g/mol. The van der Waals surface area contributed by atoms with E-state index in [2.05, 4.69) is 66.3 Å². The van der Waals surface area contributed by atoms with Crippen LogP contribution in [0.2, 0.25) is 0 Å². The molecule has 0 aliphatic rings. The minimum atomic E-state index is 0.0515. The van der Waals surface area contributed by atoms with Crippen LogP contribution in [0, 0.1) is 5.41 Å². The Labute approximate surface area is 149 Å². The summed E-state index contributed by atoms with van der Waals surface area (Å²) in [5.41, 5.74) is 3.25. The summed E-state index contributed by atoms with van der Waals surface area (Å²) < 4.78 is 2.13. The second-order valence-electron chi connectivity index (χ2n) is 6.97. The molecule has 1 heterocycles. The van der Waals surface area contributed by atoms with Crippen LogP contribution in [0.15, 0.2) is 52.6 Å². The SMILES string of the molecule is CN(C)c1ccc(N(C)Sc2cccnc2)cc1N=CC(C)(C)C. The minimum absolute atomic E-state index is 0.0515. The Morgan fingerprint density at radius 3 is 2.46 bits per heavy atom. The Bertz CT molecular complexity index is 690. The molecular weight excluding hydrogens is 316 g/mol. The molecular formula is C19H26N4S. The van der Waals surface area contributed by atoms with E-state index in [1.807, 2.05) is 32.6 Å². The molecule has 0 fully saturated rings. The molecule has 0 saturated carbocycles. The van der Waals surface area contributed by atoms with E-state index in [1.54, 1.807) is 18.1 Å². The lowest BCUT2D eigenvalue weighted by Gasteiger charge is -2.21. The highest BCUT2D eigenvalue weighted by Crippen LogP contribution is 2.35. The van der Waals surface area contributed by atoms with Gasteiger partial charge in [-0.05, 0) is 47.7 Å². The summed E-state index contributed by atoms with van der Waals surface area (Å²) >= 11 is 1.65. The van der Waals surface area contributed by atoms with Crippen LogP contribution in [0.3, 0.4) is 0 Å². The molecule has 0 aliphatic carbocycles. The fraction of sp³-hybridized carbons (Fsp3) is 0.368. The van der Waals surface area contributed by atoms with Gasteiger partial charge in [0.1, 0.15) is 0 Å². The summed E-state index contributed by atoms with van der Waals surface area (Å²) in [7, 11) is 6.14. The van der Waals surface area contributed by atoms with Crippen LogP contribution in [0.4, 0.5) is 17.1 Å². The summed E-state index contributed by atoms with van der Waals surface area (Å²) in [6, 6.07) is 10.4. The summed E-state index contributed by atoms with van der Waals surface area (Å²) in [4.78, 5) is 12.1. The van der Waals surface area contributed by atoms with Crippen molar-refractivity contribution in [1.29, 1.82) is 0 Å². The molecule has 24 heavy (non-hydrogen) atoms. The Kier molecular flexibility index (Phi) is 5.89. The molecule has 0 spiro atoms. The van der Waals surface area contributed by atoms with Crippen LogP contribution in [0.25, 0.3) is 0 Å². The lowest BCUT2D eigenvalue weighted by Crippen LogP contribution is -2.11. The molecule has 0 atom stereocenters. The number of hydrogen-bond acceptors (Lipinski definition) is 5. The van der Waals surface area contributed by atoms with Gasteiger partial charge in [0.05, 0.1) is 11.4 Å². The van der Waals surface area contributed by atoms with Crippen molar-refractivity contribution >= 4 is 35.2 Å². The van der Waals surface area contributed by atoms with Crippen molar-refractivity contribution in [3.8, 4) is 0 Å². The van der Waals surface area contributed by atoms with Gasteiger partial charge in [0, 0.05) is 50.3 Å². The van der Waals surface area contributed by atoms with Crippen molar-refractivity contribution in [3.05, 3.63) is 42.7 Å². The largest absolute Gasteiger partial charge is 0.376 e. The van der Waals surface area contributed by atoms with Crippen LogP contribution < -0.4 is 9.21 Å². The van der Waals surface area contributed by atoms with Gasteiger partial charge in [0.15, 0.2) is 0 Å². The standard InChI is InChI=1S/C19H26N4S/c1-19(2,3)14-21-17-12-15(9-10-18(17)22(4)5)23(6)24-16-8-7-11-20-13-16/h7-14H,1-6H3. The van der Waals surface area contributed by atoms with Gasteiger partial charge in [0.25, 0.3) is 0 Å². The maximum atomic E-state index is 4.73. The molecule has 0 unspecified atom stereocenters. The molecule has 4 nitrogen and oxygen atoms in total. The number of anilines is 2. The third-order valence-corrected chi connectivity index (χ3v) is 4.21. The smallest absolute Gasteiger partial charge is 0.0880 e. The lowest BCUT2D eigenvalue weighted by atomic mass is 9.99. The van der Waals surface area contributed by atoms with E-state index >= 15 is 0 Å². The topological polar surface area (TPSA) is 31.7 Å². The number of pyridine rings is 1. The molecule has 2 aromatic rings. The Hall–Kier alpha value is -2.01. The number of aliphatic imine (C=N–C) groups is 1. The van der Waals surface area contributed by atoms with Gasteiger partial charge in [-0.25, -0.2) is 0 Å². The third-order valence-electron chi connectivity index (χ3n) is 3.27. The number of rotatable bonds is 5. The van der Waals surface area contributed by atoms with Gasteiger partial charge in [-0.2, -0.15) is 0 Å². The maximum absolute atomic E-state index is 4.73. The van der Waals surface area contributed by atoms with Crippen LogP contribution in [0.5, 0.6) is 0 Å². The second-order valence-corrected chi connectivity index (χ2v) is 8.17. The Morgan fingerprint density at radius 2 is 1.88 bits per heavy atom. The van der Waals surface area contributed by atoms with E-state index in [9.17, 15) is 0 Å². The molecule has 0 N–H and O–H groups in total. The molecule has 128 valence electrons. The fourth-order valence-corrected chi connectivity index (χ4v) is 2.85. The first-order valence-electron chi connectivity index (χ1n) is 7.94. The van der Waals surface area contributed by atoms with Gasteiger partial charge < -0.3 is 9.21 Å². The predicted molar refractivity (Wildman–Crippen MR) is 107 cm³/mol. The average Bonchev–Trinajstić information content (AvgIpc) is 2.52. The van der Waals surface area contributed by atoms with Gasteiger partial charge in [-0.3, -0.25) is 9.98 Å². The zero-order valence-corrected chi connectivity index (χ0v) is 16.1. The van der Waals surface area contributed by atoms with Gasteiger partial charge in [0.2, 0.25) is 0 Å². The van der Waals surface area contributed by atoms with Gasteiger partial charge >= 0.3 is 0 Å². The summed E-state index contributed by atoms with van der Waals surface area (Å²) in [5, 5.41) is 0. The van der Waals surface area contributed by atoms with Crippen molar-refractivity contribution in [2.24, 2.45) is 10.4 Å². The molecule has 0 radical (unpaired) electrons. The normalized spacial score (nSPS) is 11.8. The van der Waals surface area contributed by atoms with Crippen molar-refractivity contribution in [3.63, 3.8) is 0 Å². The molecule has 2 rings (SSSR count). The van der Waals surface area contributed by atoms with E-state index in [4.69, 9.17) is 4.99 Å². The van der Waals surface area contributed by atoms with Gasteiger partial charge in [-0.1, -0.05) is 20.8 Å². The monoisotopic (exact) mass is 342 g/mol. The summed E-state index contributed by atoms with van der Waals surface area (Å²) in [6.45, 7) is 6.46. The lowest BCUT2D eigenvalue weighted by molar-refractivity contribution is 0.607. The highest BCUT2D eigenvalue weighted by Gasteiger charge is 2.11. The van der Waals surface area contributed by atoms with E-state index in [0.717, 1.165) is 22.0 Å². The van der Waals surface area contributed by atoms with Crippen LogP contribution in [-0.4, -0.2) is 32.3 Å². The van der Waals surface area contributed by atoms with Crippen LogP contribution in [0.1, 0.15) is 20.8 Å². The molecule has 0 aliphatic heterocycles. The Morgan fingerprint density at radius 1 is 1.12 bits per heavy atom. The zero-order chi connectivity index (χ0) is 17.7. The predicted octanol–water partition coefficient (Wildman–Crippen LogP) is 5.04. The number of aromatic nitrogens is 1. The maximum Gasteiger partial charge on any atom is 0.0880 e. The van der Waals surface area contributed by atoms with Crippen molar-refractivity contribution in [2.75, 3.05) is 30.3 Å². The molecule has 5 heteroatoms. The van der Waals surface area contributed by atoms with Crippen LogP contribution in [-0.2, 0) is 0 Å². The summed E-state index contributed by atoms with van der Waals surface area (Å²) in [6.07, 6.45) is 5.66. The number of hydrogen-bond donors (Lipinski definition) is 0. The molecule has 1 aromatic carbocycles. The fourth-order valence-electron chi connectivity index (χ4n) is 2.06. The Balaban J connectivity index is 2.29. The number of nitrogens with zero attached hydrogens (tertiary/aromatic N) is 4. The minimum Gasteiger partial charge on any atom is -0.376 e. The van der Waals surface area contributed by atoms with Crippen molar-refractivity contribution in [2.45, 2.75) is 25.7 Å². The zero-order valence-electron chi connectivity index (χ0n) is 15.3. The van der Waals surface area contributed by atoms with E-state index < -0.39 is 0 Å². The molecule has 0 amide bonds. The third kappa shape index (κ3) is 5.27. The number of benzene rings is 1. The first-order chi connectivity index (χ1) is 11.3.